The summed E-state index contributed by atoms with van der Waals surface area (Å²) >= 11 is 1.46. The van der Waals surface area contributed by atoms with Crippen molar-refractivity contribution in [3.05, 3.63) is 52.4 Å². The number of imide groups is 1. The van der Waals surface area contributed by atoms with Crippen molar-refractivity contribution < 1.29 is 19.4 Å². The third kappa shape index (κ3) is 4.38. The van der Waals surface area contributed by atoms with Crippen molar-refractivity contribution in [3.63, 3.8) is 0 Å². The molecule has 0 saturated carbocycles. The molecule has 1 aromatic carbocycles. The summed E-state index contributed by atoms with van der Waals surface area (Å²) < 4.78 is 5.73. The molecule has 1 atom stereocenters. The molecule has 0 radical (unpaired) electrons. The predicted octanol–water partition coefficient (Wildman–Crippen LogP) is 3.77. The lowest BCUT2D eigenvalue weighted by atomic mass is 9.98. The van der Waals surface area contributed by atoms with Crippen molar-refractivity contribution in [1.29, 1.82) is 0 Å². The molecule has 164 valence electrons. The number of piperidine rings is 1. The van der Waals surface area contributed by atoms with E-state index in [2.05, 4.69) is 13.8 Å². The van der Waals surface area contributed by atoms with Gasteiger partial charge in [0, 0.05) is 24.6 Å². The Labute approximate surface area is 186 Å². The first-order valence-corrected chi connectivity index (χ1v) is 11.6. The zero-order valence-electron chi connectivity index (χ0n) is 17.9. The molecule has 2 amide bonds. The Kier molecular flexibility index (Phi) is 6.43. The van der Waals surface area contributed by atoms with Crippen molar-refractivity contribution in [2.75, 3.05) is 31.2 Å². The summed E-state index contributed by atoms with van der Waals surface area (Å²) in [5.41, 5.74) is 1.44. The predicted molar refractivity (Wildman–Crippen MR) is 122 cm³/mol. The lowest BCUT2D eigenvalue weighted by Crippen LogP contribution is -2.40. The first-order chi connectivity index (χ1) is 15.0. The zero-order chi connectivity index (χ0) is 22.0. The van der Waals surface area contributed by atoms with Crippen LogP contribution in [0, 0.1) is 11.8 Å². The molecule has 1 unspecified atom stereocenters. The maximum atomic E-state index is 13.5. The maximum absolute atomic E-state index is 13.5. The van der Waals surface area contributed by atoms with E-state index in [1.807, 2.05) is 22.4 Å². The fourth-order valence-electron chi connectivity index (χ4n) is 4.06. The highest BCUT2D eigenvalue weighted by molar-refractivity contribution is 7.11. The Morgan fingerprint density at radius 1 is 1.16 bits per heavy atom. The molecule has 1 saturated heterocycles. The quantitative estimate of drug-likeness (QED) is 0.664. The number of nitrogens with zero attached hydrogens (tertiary/aromatic N) is 2. The van der Waals surface area contributed by atoms with Crippen molar-refractivity contribution in [1.82, 2.24) is 4.90 Å². The van der Waals surface area contributed by atoms with E-state index in [0.29, 0.717) is 48.3 Å². The van der Waals surface area contributed by atoms with E-state index in [9.17, 15) is 14.7 Å². The van der Waals surface area contributed by atoms with Crippen LogP contribution in [0.4, 0.5) is 5.69 Å². The van der Waals surface area contributed by atoms with E-state index < -0.39 is 0 Å². The second kappa shape index (κ2) is 9.24. The second-order valence-corrected chi connectivity index (χ2v) is 9.43. The standard InChI is InChI=1S/C24H28N2O4S/c1-16(2)15-30-19-9-7-18(8-10-19)26-23(28)21(20-6-4-12-31-20)22(24(26)29)25-11-3-5-17(13-25)14-27/h4,6-10,12,16-17,27H,3,5,11,13-15H2,1-2H3. The monoisotopic (exact) mass is 440 g/mol. The van der Waals surface area contributed by atoms with Crippen LogP contribution in [0.5, 0.6) is 5.75 Å². The van der Waals surface area contributed by atoms with Crippen molar-refractivity contribution in [2.45, 2.75) is 26.7 Å². The number of aliphatic hydroxyl groups excluding tert-OH is 1. The maximum Gasteiger partial charge on any atom is 0.282 e. The molecular weight excluding hydrogens is 412 g/mol. The molecule has 2 aromatic rings. The molecule has 31 heavy (non-hydrogen) atoms. The lowest BCUT2D eigenvalue weighted by molar-refractivity contribution is -0.120. The van der Waals surface area contributed by atoms with Gasteiger partial charge in [-0.1, -0.05) is 19.9 Å². The zero-order valence-corrected chi connectivity index (χ0v) is 18.7. The summed E-state index contributed by atoms with van der Waals surface area (Å²) in [7, 11) is 0. The minimum atomic E-state index is -0.303. The topological polar surface area (TPSA) is 70.1 Å². The van der Waals surface area contributed by atoms with Gasteiger partial charge < -0.3 is 14.7 Å². The van der Waals surface area contributed by atoms with Gasteiger partial charge in [-0.2, -0.15) is 0 Å². The van der Waals surface area contributed by atoms with Crippen LogP contribution in [0.15, 0.2) is 47.5 Å². The van der Waals surface area contributed by atoms with Gasteiger partial charge in [0.1, 0.15) is 11.4 Å². The Morgan fingerprint density at radius 2 is 1.94 bits per heavy atom. The molecule has 1 aromatic heterocycles. The van der Waals surface area contributed by atoms with Gasteiger partial charge in [0.15, 0.2) is 0 Å². The SMILES string of the molecule is CC(C)COc1ccc(N2C(=O)C(c3cccs3)=C(N3CCCC(CO)C3)C2=O)cc1. The van der Waals surface area contributed by atoms with Gasteiger partial charge in [-0.05, 0) is 60.4 Å². The number of hydrogen-bond acceptors (Lipinski definition) is 6. The minimum absolute atomic E-state index is 0.0851. The van der Waals surface area contributed by atoms with Gasteiger partial charge in [0.2, 0.25) is 0 Å². The summed E-state index contributed by atoms with van der Waals surface area (Å²) in [6, 6.07) is 10.9. The molecule has 2 aliphatic heterocycles. The van der Waals surface area contributed by atoms with Gasteiger partial charge >= 0.3 is 0 Å². The molecule has 0 spiro atoms. The number of hydrogen-bond donors (Lipinski definition) is 1. The van der Waals surface area contributed by atoms with Crippen LogP contribution in [-0.2, 0) is 9.59 Å². The van der Waals surface area contributed by atoms with E-state index in [0.717, 1.165) is 17.7 Å². The number of carbonyl (C=O) groups excluding carboxylic acids is 2. The van der Waals surface area contributed by atoms with Crippen LogP contribution < -0.4 is 9.64 Å². The average Bonchev–Trinajstić information content (AvgIpc) is 3.39. The number of anilines is 1. The summed E-state index contributed by atoms with van der Waals surface area (Å²) in [6.45, 7) is 6.14. The molecule has 0 aliphatic carbocycles. The van der Waals surface area contributed by atoms with Crippen LogP contribution in [0.2, 0.25) is 0 Å². The van der Waals surface area contributed by atoms with Gasteiger partial charge in [0.05, 0.1) is 17.9 Å². The summed E-state index contributed by atoms with van der Waals surface area (Å²) in [6.07, 6.45) is 1.81. The summed E-state index contributed by atoms with van der Waals surface area (Å²) in [5.74, 6) is 0.631. The number of ether oxygens (including phenoxy) is 1. The van der Waals surface area contributed by atoms with Gasteiger partial charge in [0.25, 0.3) is 11.8 Å². The molecular formula is C24H28N2O4S. The minimum Gasteiger partial charge on any atom is -0.493 e. The first-order valence-electron chi connectivity index (χ1n) is 10.7. The van der Waals surface area contributed by atoms with Crippen LogP contribution in [0.3, 0.4) is 0 Å². The number of rotatable bonds is 7. The second-order valence-electron chi connectivity index (χ2n) is 8.48. The Bertz CT molecular complexity index is 966. The summed E-state index contributed by atoms with van der Waals surface area (Å²) in [5, 5.41) is 11.5. The van der Waals surface area contributed by atoms with E-state index in [1.54, 1.807) is 24.3 Å². The molecule has 1 N–H and O–H groups in total. The number of amides is 2. The third-order valence-electron chi connectivity index (χ3n) is 5.60. The normalized spacial score (nSPS) is 19.7. The smallest absolute Gasteiger partial charge is 0.282 e. The molecule has 0 bridgehead atoms. The number of thiophene rings is 1. The van der Waals surface area contributed by atoms with Crippen LogP contribution in [0.1, 0.15) is 31.6 Å². The van der Waals surface area contributed by atoms with Crippen molar-refractivity contribution >= 4 is 34.4 Å². The fourth-order valence-corrected chi connectivity index (χ4v) is 4.82. The van der Waals surface area contributed by atoms with Gasteiger partial charge in [-0.3, -0.25) is 9.59 Å². The number of carbonyl (C=O) groups is 2. The largest absolute Gasteiger partial charge is 0.493 e. The van der Waals surface area contributed by atoms with E-state index in [4.69, 9.17) is 4.74 Å². The highest BCUT2D eigenvalue weighted by Gasteiger charge is 2.43. The van der Waals surface area contributed by atoms with Crippen LogP contribution in [-0.4, -0.2) is 48.1 Å². The molecule has 6 nitrogen and oxygen atoms in total. The Balaban J connectivity index is 1.65. The van der Waals surface area contributed by atoms with E-state index in [1.165, 1.54) is 16.2 Å². The molecule has 4 rings (SSSR count). The fraction of sp³-hybridized carbons (Fsp3) is 0.417. The summed E-state index contributed by atoms with van der Waals surface area (Å²) in [4.78, 5) is 31.0. The van der Waals surface area contributed by atoms with Crippen molar-refractivity contribution in [2.24, 2.45) is 11.8 Å². The lowest BCUT2D eigenvalue weighted by Gasteiger charge is -2.34. The van der Waals surface area contributed by atoms with Crippen LogP contribution >= 0.6 is 11.3 Å². The molecule has 1 fully saturated rings. The first kappa shape index (κ1) is 21.6. The highest BCUT2D eigenvalue weighted by atomic mass is 32.1. The number of likely N-dealkylation sites (tertiary alicyclic amines) is 1. The number of aliphatic hydroxyl groups is 1. The van der Waals surface area contributed by atoms with Gasteiger partial charge in [-0.25, -0.2) is 4.90 Å². The molecule has 3 heterocycles. The van der Waals surface area contributed by atoms with E-state index in [-0.39, 0.29) is 24.3 Å². The average molecular weight is 441 g/mol. The molecule has 2 aliphatic rings. The van der Waals surface area contributed by atoms with Crippen molar-refractivity contribution in [3.8, 4) is 5.75 Å². The third-order valence-corrected chi connectivity index (χ3v) is 6.49. The Morgan fingerprint density at radius 3 is 2.58 bits per heavy atom. The Hall–Kier alpha value is -2.64. The van der Waals surface area contributed by atoms with E-state index >= 15 is 0 Å². The molecule has 7 heteroatoms. The number of benzene rings is 1. The van der Waals surface area contributed by atoms with Gasteiger partial charge in [-0.15, -0.1) is 11.3 Å². The van der Waals surface area contributed by atoms with Crippen LogP contribution in [0.25, 0.3) is 5.57 Å². The highest BCUT2D eigenvalue weighted by Crippen LogP contribution is 2.38.